The van der Waals surface area contributed by atoms with Gasteiger partial charge in [-0.15, -0.1) is 0 Å². The highest BCUT2D eigenvalue weighted by Crippen LogP contribution is 2.25. The number of oxime groups is 1. The maximum absolute atomic E-state index is 9.46. The van der Waals surface area contributed by atoms with E-state index >= 15 is 0 Å². The second-order valence-electron chi connectivity index (χ2n) is 7.90. The van der Waals surface area contributed by atoms with Crippen LogP contribution in [0.4, 0.5) is 0 Å². The standard InChI is InChI=1S/C24H24N8O3/c1-32-12-11-28-24(32)16-3-2-4-18(13-16)34-19-14-20(30-23(29-19)22-26-9-10-27-22)35-31-21(25)15-5-7-17(33)8-6-15/h2-8,13-14,33H,9-12H2,1H3,(H2,25,31)(H,26,27). The first-order valence-electron chi connectivity index (χ1n) is 11.1. The van der Waals surface area contributed by atoms with Crippen molar-refractivity contribution >= 4 is 17.5 Å². The van der Waals surface area contributed by atoms with Crippen molar-refractivity contribution in [1.82, 2.24) is 20.2 Å². The average Bonchev–Trinajstić information content (AvgIpc) is 3.55. The van der Waals surface area contributed by atoms with Gasteiger partial charge >= 0.3 is 0 Å². The Morgan fingerprint density at radius 3 is 2.63 bits per heavy atom. The Bertz CT molecular complexity index is 1320. The second-order valence-corrected chi connectivity index (χ2v) is 7.90. The van der Waals surface area contributed by atoms with Gasteiger partial charge in [0.2, 0.25) is 11.7 Å². The maximum Gasteiger partial charge on any atom is 0.256 e. The smallest absolute Gasteiger partial charge is 0.256 e. The molecule has 0 aliphatic carbocycles. The lowest BCUT2D eigenvalue weighted by Crippen LogP contribution is -2.23. The van der Waals surface area contributed by atoms with Gasteiger partial charge in [0.05, 0.1) is 19.2 Å². The summed E-state index contributed by atoms with van der Waals surface area (Å²) in [4.78, 5) is 25.4. The van der Waals surface area contributed by atoms with Crippen LogP contribution >= 0.6 is 0 Å². The van der Waals surface area contributed by atoms with Gasteiger partial charge in [-0.05, 0) is 36.4 Å². The number of benzene rings is 2. The molecule has 0 atom stereocenters. The fraction of sp³-hybridized carbons (Fsp3) is 0.208. The van der Waals surface area contributed by atoms with Crippen molar-refractivity contribution in [1.29, 1.82) is 0 Å². The summed E-state index contributed by atoms with van der Waals surface area (Å²) >= 11 is 0. The number of phenolic OH excluding ortho intramolecular Hbond substituents is 1. The van der Waals surface area contributed by atoms with Crippen LogP contribution in [0.1, 0.15) is 17.0 Å². The highest BCUT2D eigenvalue weighted by molar-refractivity contribution is 6.00. The molecule has 0 fully saturated rings. The van der Waals surface area contributed by atoms with Crippen LogP contribution in [0.5, 0.6) is 23.3 Å². The highest BCUT2D eigenvalue weighted by Gasteiger charge is 2.18. The molecule has 11 nitrogen and oxygen atoms in total. The number of nitrogens with one attached hydrogen (secondary N) is 1. The first kappa shape index (κ1) is 22.1. The lowest BCUT2D eigenvalue weighted by Gasteiger charge is -2.14. The van der Waals surface area contributed by atoms with E-state index in [0.717, 1.165) is 24.5 Å². The maximum atomic E-state index is 9.46. The van der Waals surface area contributed by atoms with E-state index in [9.17, 15) is 5.11 Å². The van der Waals surface area contributed by atoms with E-state index in [1.54, 1.807) is 12.1 Å². The van der Waals surface area contributed by atoms with Crippen LogP contribution in [0, 0.1) is 0 Å². The van der Waals surface area contributed by atoms with Gasteiger partial charge in [0, 0.05) is 31.3 Å². The van der Waals surface area contributed by atoms with Crippen molar-refractivity contribution in [2.75, 3.05) is 33.2 Å². The van der Waals surface area contributed by atoms with Crippen molar-refractivity contribution in [2.24, 2.45) is 20.9 Å². The molecule has 178 valence electrons. The van der Waals surface area contributed by atoms with Gasteiger partial charge in [0.15, 0.2) is 11.7 Å². The van der Waals surface area contributed by atoms with Gasteiger partial charge in [-0.1, -0.05) is 17.3 Å². The number of hydrogen-bond donors (Lipinski definition) is 3. The van der Waals surface area contributed by atoms with Crippen molar-refractivity contribution in [3.63, 3.8) is 0 Å². The molecule has 1 aromatic heterocycles. The summed E-state index contributed by atoms with van der Waals surface area (Å²) in [5, 5.41) is 16.6. The van der Waals surface area contributed by atoms with Crippen LogP contribution < -0.4 is 20.6 Å². The molecule has 2 aromatic carbocycles. The lowest BCUT2D eigenvalue weighted by molar-refractivity contribution is 0.322. The summed E-state index contributed by atoms with van der Waals surface area (Å²) in [7, 11) is 2.01. The van der Waals surface area contributed by atoms with E-state index in [-0.39, 0.29) is 23.3 Å². The van der Waals surface area contributed by atoms with Gasteiger partial charge in [0.25, 0.3) is 5.88 Å². The molecule has 0 unspecified atom stereocenters. The lowest BCUT2D eigenvalue weighted by atomic mass is 10.2. The third kappa shape index (κ3) is 5.13. The zero-order chi connectivity index (χ0) is 24.2. The molecule has 4 N–H and O–H groups in total. The Morgan fingerprint density at radius 1 is 1.06 bits per heavy atom. The van der Waals surface area contributed by atoms with Crippen LogP contribution in [0.25, 0.3) is 0 Å². The van der Waals surface area contributed by atoms with Gasteiger partial charge < -0.3 is 30.6 Å². The highest BCUT2D eigenvalue weighted by atomic mass is 16.6. The first-order chi connectivity index (χ1) is 17.0. The number of ether oxygens (including phenoxy) is 1. The summed E-state index contributed by atoms with van der Waals surface area (Å²) in [6.45, 7) is 2.99. The monoisotopic (exact) mass is 472 g/mol. The van der Waals surface area contributed by atoms with Gasteiger partial charge in [-0.2, -0.15) is 9.97 Å². The van der Waals surface area contributed by atoms with Crippen molar-refractivity contribution in [3.8, 4) is 23.3 Å². The van der Waals surface area contributed by atoms with E-state index in [1.165, 1.54) is 18.2 Å². The molecule has 0 bridgehead atoms. The molecular formula is C24H24N8O3. The number of hydrogen-bond acceptors (Lipinski definition) is 10. The van der Waals surface area contributed by atoms with Crippen LogP contribution in [0.2, 0.25) is 0 Å². The van der Waals surface area contributed by atoms with Crippen molar-refractivity contribution < 1.29 is 14.7 Å². The Labute approximate surface area is 201 Å². The number of aliphatic imine (C=N–C) groups is 2. The predicted molar refractivity (Wildman–Crippen MR) is 131 cm³/mol. The largest absolute Gasteiger partial charge is 0.508 e. The molecule has 0 spiro atoms. The Hall–Kier alpha value is -4.67. The zero-order valence-corrected chi connectivity index (χ0v) is 19.0. The van der Waals surface area contributed by atoms with Crippen molar-refractivity contribution in [3.05, 3.63) is 71.5 Å². The van der Waals surface area contributed by atoms with Crippen LogP contribution in [-0.2, 0) is 0 Å². The summed E-state index contributed by atoms with van der Waals surface area (Å²) in [6, 6.07) is 15.5. The number of aromatic hydroxyl groups is 1. The van der Waals surface area contributed by atoms with E-state index in [2.05, 4.69) is 35.3 Å². The molecule has 35 heavy (non-hydrogen) atoms. The molecule has 5 rings (SSSR count). The SMILES string of the molecule is CN1CCN=C1c1cccc(Oc2cc(ON=C(N)c3ccc(O)cc3)nc(C3=NCCN3)n2)c1. The fourth-order valence-electron chi connectivity index (χ4n) is 3.60. The summed E-state index contributed by atoms with van der Waals surface area (Å²) < 4.78 is 6.06. The van der Waals surface area contributed by atoms with E-state index in [4.69, 9.17) is 15.3 Å². The van der Waals surface area contributed by atoms with E-state index in [0.29, 0.717) is 36.1 Å². The minimum Gasteiger partial charge on any atom is -0.508 e. The van der Waals surface area contributed by atoms with Gasteiger partial charge in [0.1, 0.15) is 17.3 Å². The molecule has 0 saturated heterocycles. The summed E-state index contributed by atoms with van der Waals surface area (Å²) in [5.74, 6) is 3.04. The quantitative estimate of drug-likeness (QED) is 0.268. The zero-order valence-electron chi connectivity index (χ0n) is 19.0. The number of phenols is 1. The number of amidine groups is 3. The second kappa shape index (κ2) is 9.67. The predicted octanol–water partition coefficient (Wildman–Crippen LogP) is 1.72. The Morgan fingerprint density at radius 2 is 1.89 bits per heavy atom. The molecule has 2 aliphatic heterocycles. The molecule has 0 saturated carbocycles. The summed E-state index contributed by atoms with van der Waals surface area (Å²) in [6.07, 6.45) is 0. The number of rotatable bonds is 7. The number of nitrogens with two attached hydrogens (primary N) is 1. The molecule has 0 radical (unpaired) electrons. The summed E-state index contributed by atoms with van der Waals surface area (Å²) in [5.41, 5.74) is 7.57. The Kier molecular flexibility index (Phi) is 6.12. The van der Waals surface area contributed by atoms with Crippen LogP contribution in [0.3, 0.4) is 0 Å². The average molecular weight is 473 g/mol. The van der Waals surface area contributed by atoms with E-state index in [1.807, 2.05) is 31.3 Å². The van der Waals surface area contributed by atoms with E-state index < -0.39 is 0 Å². The topological polar surface area (TPSA) is 143 Å². The number of nitrogens with zero attached hydrogens (tertiary/aromatic N) is 6. The minimum absolute atomic E-state index is 0.123. The number of aromatic nitrogens is 2. The van der Waals surface area contributed by atoms with Crippen molar-refractivity contribution in [2.45, 2.75) is 0 Å². The van der Waals surface area contributed by atoms with Crippen LogP contribution in [-0.4, -0.2) is 70.7 Å². The Balaban J connectivity index is 1.41. The molecule has 2 aliphatic rings. The number of likely N-dealkylation sites (N-methyl/N-ethyl adjacent to an activating group) is 1. The third-order valence-corrected chi connectivity index (χ3v) is 5.34. The van der Waals surface area contributed by atoms with Gasteiger partial charge in [-0.3, -0.25) is 9.98 Å². The van der Waals surface area contributed by atoms with Gasteiger partial charge in [-0.25, -0.2) is 0 Å². The molecule has 11 heteroatoms. The normalized spacial score (nSPS) is 15.5. The third-order valence-electron chi connectivity index (χ3n) is 5.34. The molecule has 3 heterocycles. The molecule has 3 aromatic rings. The first-order valence-corrected chi connectivity index (χ1v) is 11.1. The minimum atomic E-state index is 0.123. The fourth-order valence-corrected chi connectivity index (χ4v) is 3.60. The molecular weight excluding hydrogens is 448 g/mol. The van der Waals surface area contributed by atoms with Crippen LogP contribution in [0.15, 0.2) is 69.7 Å². The molecule has 0 amide bonds.